The molecule has 0 bridgehead atoms. The van der Waals surface area contributed by atoms with Crippen LogP contribution in [-0.2, 0) is 14.3 Å². The first kappa shape index (κ1) is 24.4. The van der Waals surface area contributed by atoms with Gasteiger partial charge in [-0.05, 0) is 55.3 Å². The Hall–Kier alpha value is -3.69. The molecule has 0 radical (unpaired) electrons. The summed E-state index contributed by atoms with van der Waals surface area (Å²) in [6, 6.07) is 10.5. The third kappa shape index (κ3) is 4.28. The third-order valence-corrected chi connectivity index (χ3v) is 7.05. The Morgan fingerprint density at radius 2 is 1.80 bits per heavy atom. The average Bonchev–Trinajstić information content (AvgIpc) is 3.35. The maximum Gasteiger partial charge on any atom is 0.350 e. The van der Waals surface area contributed by atoms with Gasteiger partial charge in [0.15, 0.2) is 5.13 Å². The molecule has 0 aliphatic carbocycles. The average molecular weight is 513 g/mol. The van der Waals surface area contributed by atoms with Gasteiger partial charge in [0.25, 0.3) is 5.78 Å². The molecule has 1 unspecified atom stereocenters. The highest BCUT2D eigenvalue weighted by Crippen LogP contribution is 2.44. The number of anilines is 1. The van der Waals surface area contributed by atoms with Crippen LogP contribution in [0.1, 0.15) is 38.1 Å². The summed E-state index contributed by atoms with van der Waals surface area (Å²) >= 11 is 7.00. The maximum atomic E-state index is 13.3. The Balaban J connectivity index is 1.93. The molecule has 1 saturated heterocycles. The number of ketones is 1. The minimum atomic E-state index is -0.995. The fourth-order valence-electron chi connectivity index (χ4n) is 3.94. The summed E-state index contributed by atoms with van der Waals surface area (Å²) in [6.07, 6.45) is 0. The number of carbonyl (C=O) groups excluding carboxylic acids is 3. The molecule has 1 N–H and O–H groups in total. The van der Waals surface area contributed by atoms with Crippen molar-refractivity contribution in [2.45, 2.75) is 19.9 Å². The topological polar surface area (TPSA) is 106 Å². The predicted octanol–water partition coefficient (Wildman–Crippen LogP) is 4.83. The van der Waals surface area contributed by atoms with E-state index in [9.17, 15) is 19.5 Å². The number of benzene rings is 2. The van der Waals surface area contributed by atoms with Crippen molar-refractivity contribution >= 4 is 51.5 Å². The number of halogens is 1. The van der Waals surface area contributed by atoms with Crippen LogP contribution in [0.4, 0.5) is 5.13 Å². The number of ether oxygens (including phenoxy) is 2. The molecule has 1 aromatic heterocycles. The Labute approximate surface area is 210 Å². The number of aliphatic hydroxyl groups excluding tert-OH is 1. The number of methoxy groups -OCH3 is 2. The number of aryl methyl sites for hydroxylation is 2. The quantitative estimate of drug-likeness (QED) is 0.226. The first-order valence-electron chi connectivity index (χ1n) is 10.4. The molecule has 1 amide bonds. The molecule has 1 atom stereocenters. The number of aliphatic hydroxyl groups is 1. The lowest BCUT2D eigenvalue weighted by Crippen LogP contribution is -2.29. The molecule has 2 aromatic carbocycles. The van der Waals surface area contributed by atoms with E-state index in [0.29, 0.717) is 27.6 Å². The predicted molar refractivity (Wildman–Crippen MR) is 132 cm³/mol. The number of carbonyl (C=O) groups is 3. The summed E-state index contributed by atoms with van der Waals surface area (Å²) < 4.78 is 10.1. The molecular weight excluding hydrogens is 492 g/mol. The second-order valence-electron chi connectivity index (χ2n) is 7.81. The minimum absolute atomic E-state index is 0.102. The Morgan fingerprint density at radius 3 is 2.40 bits per heavy atom. The molecule has 1 aliphatic heterocycles. The second kappa shape index (κ2) is 9.52. The highest BCUT2D eigenvalue weighted by atomic mass is 35.5. The fourth-order valence-corrected chi connectivity index (χ4v) is 5.08. The smallest absolute Gasteiger partial charge is 0.350 e. The van der Waals surface area contributed by atoms with Crippen LogP contribution in [-0.4, -0.2) is 42.0 Å². The van der Waals surface area contributed by atoms with Gasteiger partial charge in [0.2, 0.25) is 0 Å². The van der Waals surface area contributed by atoms with Crippen LogP contribution in [0.25, 0.3) is 5.76 Å². The SMILES string of the molecule is COC(=O)c1sc(N2C(=O)C(=O)/C(=C(/O)c3ccc(OC)c(C)c3)C2c2ccc(Cl)cc2)nc1C. The zero-order valence-corrected chi connectivity index (χ0v) is 20.9. The minimum Gasteiger partial charge on any atom is -0.507 e. The maximum absolute atomic E-state index is 13.3. The lowest BCUT2D eigenvalue weighted by molar-refractivity contribution is -0.132. The van der Waals surface area contributed by atoms with Gasteiger partial charge in [0, 0.05) is 10.6 Å². The lowest BCUT2D eigenvalue weighted by atomic mass is 9.95. The second-order valence-corrected chi connectivity index (χ2v) is 9.22. The van der Waals surface area contributed by atoms with Crippen LogP contribution in [0.15, 0.2) is 48.0 Å². The van der Waals surface area contributed by atoms with E-state index in [1.54, 1.807) is 56.3 Å². The van der Waals surface area contributed by atoms with Crippen molar-refractivity contribution in [1.82, 2.24) is 4.98 Å². The van der Waals surface area contributed by atoms with E-state index >= 15 is 0 Å². The number of Topliss-reactive ketones (excluding diaryl/α,β-unsaturated/α-hetero) is 1. The summed E-state index contributed by atoms with van der Waals surface area (Å²) in [7, 11) is 2.78. The highest BCUT2D eigenvalue weighted by molar-refractivity contribution is 7.17. The molecule has 3 aromatic rings. The van der Waals surface area contributed by atoms with E-state index in [-0.39, 0.29) is 21.3 Å². The van der Waals surface area contributed by atoms with Crippen LogP contribution in [0.2, 0.25) is 5.02 Å². The lowest BCUT2D eigenvalue weighted by Gasteiger charge is -2.23. The van der Waals surface area contributed by atoms with Crippen molar-refractivity contribution in [3.8, 4) is 5.75 Å². The van der Waals surface area contributed by atoms with E-state index < -0.39 is 23.7 Å². The van der Waals surface area contributed by atoms with Crippen LogP contribution in [0.5, 0.6) is 5.75 Å². The first-order chi connectivity index (χ1) is 16.7. The van der Waals surface area contributed by atoms with Gasteiger partial charge in [-0.1, -0.05) is 35.1 Å². The van der Waals surface area contributed by atoms with Crippen LogP contribution >= 0.6 is 22.9 Å². The summed E-state index contributed by atoms with van der Waals surface area (Å²) in [5.74, 6) is -2.06. The molecule has 1 aliphatic rings. The van der Waals surface area contributed by atoms with Gasteiger partial charge in [-0.3, -0.25) is 14.5 Å². The molecule has 35 heavy (non-hydrogen) atoms. The zero-order chi connectivity index (χ0) is 25.4. The molecule has 180 valence electrons. The summed E-state index contributed by atoms with van der Waals surface area (Å²) in [5, 5.41) is 11.9. The molecular formula is C25H21ClN2O6S. The summed E-state index contributed by atoms with van der Waals surface area (Å²) in [5.41, 5.74) is 1.89. The highest BCUT2D eigenvalue weighted by Gasteiger charge is 2.48. The number of amides is 1. The Bertz CT molecular complexity index is 1380. The standard InChI is InChI=1S/C25H21ClN2O6S/c1-12-11-15(7-10-17(12)33-3)20(29)18-19(14-5-8-16(26)9-6-14)28(23(31)21(18)30)25-27-13(2)22(35-25)24(32)34-4/h5-11,19,29H,1-4H3/b20-18+. The first-order valence-corrected chi connectivity index (χ1v) is 11.6. The monoisotopic (exact) mass is 512 g/mol. The largest absolute Gasteiger partial charge is 0.507 e. The van der Waals surface area contributed by atoms with Gasteiger partial charge in [0.05, 0.1) is 31.5 Å². The molecule has 2 heterocycles. The number of esters is 1. The molecule has 0 saturated carbocycles. The van der Waals surface area contributed by atoms with Crippen molar-refractivity contribution in [2.75, 3.05) is 19.1 Å². The Morgan fingerprint density at radius 1 is 1.11 bits per heavy atom. The number of aromatic nitrogens is 1. The van der Waals surface area contributed by atoms with E-state index in [0.717, 1.165) is 16.9 Å². The third-order valence-electron chi connectivity index (χ3n) is 5.66. The fraction of sp³-hybridized carbons (Fsp3) is 0.200. The summed E-state index contributed by atoms with van der Waals surface area (Å²) in [4.78, 5) is 44.4. The van der Waals surface area contributed by atoms with E-state index in [4.69, 9.17) is 21.1 Å². The molecule has 10 heteroatoms. The zero-order valence-electron chi connectivity index (χ0n) is 19.3. The van der Waals surface area contributed by atoms with Crippen LogP contribution in [0, 0.1) is 13.8 Å². The number of hydrogen-bond donors (Lipinski definition) is 1. The van der Waals surface area contributed by atoms with Crippen LogP contribution < -0.4 is 9.64 Å². The number of hydrogen-bond acceptors (Lipinski definition) is 8. The van der Waals surface area contributed by atoms with E-state index in [1.165, 1.54) is 19.1 Å². The van der Waals surface area contributed by atoms with E-state index in [1.807, 2.05) is 0 Å². The van der Waals surface area contributed by atoms with E-state index in [2.05, 4.69) is 4.98 Å². The Kier molecular flexibility index (Phi) is 6.64. The van der Waals surface area contributed by atoms with Crippen molar-refractivity contribution in [1.29, 1.82) is 0 Å². The van der Waals surface area contributed by atoms with Gasteiger partial charge in [-0.15, -0.1) is 0 Å². The molecule has 1 fully saturated rings. The van der Waals surface area contributed by atoms with Gasteiger partial charge in [-0.2, -0.15) is 0 Å². The van der Waals surface area contributed by atoms with Gasteiger partial charge >= 0.3 is 11.9 Å². The van der Waals surface area contributed by atoms with Gasteiger partial charge in [-0.25, -0.2) is 9.78 Å². The molecule has 8 nitrogen and oxygen atoms in total. The number of nitrogens with zero attached hydrogens (tertiary/aromatic N) is 2. The molecule has 0 spiro atoms. The van der Waals surface area contributed by atoms with Crippen molar-refractivity contribution < 1.29 is 29.0 Å². The van der Waals surface area contributed by atoms with Crippen molar-refractivity contribution in [3.63, 3.8) is 0 Å². The van der Waals surface area contributed by atoms with Gasteiger partial charge in [0.1, 0.15) is 16.4 Å². The normalized spacial score (nSPS) is 17.1. The van der Waals surface area contributed by atoms with Crippen molar-refractivity contribution in [2.24, 2.45) is 0 Å². The summed E-state index contributed by atoms with van der Waals surface area (Å²) in [6.45, 7) is 3.41. The van der Waals surface area contributed by atoms with Crippen LogP contribution in [0.3, 0.4) is 0 Å². The number of rotatable bonds is 5. The van der Waals surface area contributed by atoms with Crippen molar-refractivity contribution in [3.05, 3.63) is 80.3 Å². The van der Waals surface area contributed by atoms with Gasteiger partial charge < -0.3 is 14.6 Å². The number of thiazole rings is 1. The molecule has 4 rings (SSSR count).